The van der Waals surface area contributed by atoms with Crippen molar-refractivity contribution in [2.75, 3.05) is 0 Å². The summed E-state index contributed by atoms with van der Waals surface area (Å²) < 4.78 is 10.4. The summed E-state index contributed by atoms with van der Waals surface area (Å²) in [7, 11) is 0. The molecule has 1 N–H and O–H groups in total. The first-order valence-electron chi connectivity index (χ1n) is 7.45. The summed E-state index contributed by atoms with van der Waals surface area (Å²) in [6.07, 6.45) is 2.42. The van der Waals surface area contributed by atoms with Crippen LogP contribution in [0.4, 0.5) is 0 Å². The van der Waals surface area contributed by atoms with Crippen molar-refractivity contribution in [2.45, 2.75) is 39.3 Å². The normalized spacial score (nSPS) is 15.4. The molecule has 1 aromatic heterocycles. The van der Waals surface area contributed by atoms with Gasteiger partial charge in [-0.1, -0.05) is 5.16 Å². The third-order valence-corrected chi connectivity index (χ3v) is 3.74. The Morgan fingerprint density at radius 1 is 1.41 bits per heavy atom. The van der Waals surface area contributed by atoms with E-state index >= 15 is 0 Å². The summed E-state index contributed by atoms with van der Waals surface area (Å²) in [4.78, 5) is 16.2. The van der Waals surface area contributed by atoms with Gasteiger partial charge in [-0.3, -0.25) is 4.79 Å². The first-order chi connectivity index (χ1) is 10.6. The Bertz CT molecular complexity index is 647. The van der Waals surface area contributed by atoms with Crippen LogP contribution in [0.3, 0.4) is 0 Å². The Morgan fingerprint density at radius 3 is 2.73 bits per heavy atom. The van der Waals surface area contributed by atoms with Gasteiger partial charge in [-0.25, -0.2) is 0 Å². The fourth-order valence-corrected chi connectivity index (χ4v) is 2.25. The van der Waals surface area contributed by atoms with Crippen LogP contribution in [0, 0.1) is 12.8 Å². The summed E-state index contributed by atoms with van der Waals surface area (Å²) in [6, 6.07) is 7.29. The van der Waals surface area contributed by atoms with Crippen LogP contribution in [-0.4, -0.2) is 22.1 Å². The first-order valence-corrected chi connectivity index (χ1v) is 7.45. The van der Waals surface area contributed by atoms with Gasteiger partial charge in [-0.05, 0) is 49.9 Å². The lowest BCUT2D eigenvalue weighted by Gasteiger charge is -2.13. The van der Waals surface area contributed by atoms with Crippen LogP contribution in [0.1, 0.15) is 41.8 Å². The van der Waals surface area contributed by atoms with Crippen LogP contribution >= 0.6 is 0 Å². The average Bonchev–Trinajstić information content (AvgIpc) is 3.29. The minimum absolute atomic E-state index is 0.0419. The maximum Gasteiger partial charge on any atom is 0.251 e. The number of aromatic nitrogens is 2. The van der Waals surface area contributed by atoms with Gasteiger partial charge < -0.3 is 14.6 Å². The molecular weight excluding hydrogens is 282 g/mol. The van der Waals surface area contributed by atoms with Crippen LogP contribution in [0.25, 0.3) is 0 Å². The smallest absolute Gasteiger partial charge is 0.251 e. The van der Waals surface area contributed by atoms with Crippen molar-refractivity contribution >= 4 is 5.91 Å². The molecule has 1 fully saturated rings. The average molecular weight is 301 g/mol. The predicted octanol–water partition coefficient (Wildman–Crippen LogP) is 2.49. The SMILES string of the molecule is Cc1nc(COc2ccc(C(=O)N[C@@H](C)C3CC3)cc2)no1. The van der Waals surface area contributed by atoms with Crippen LogP contribution in [0.15, 0.2) is 28.8 Å². The van der Waals surface area contributed by atoms with Gasteiger partial charge in [0.25, 0.3) is 5.91 Å². The molecule has 1 aromatic carbocycles. The minimum Gasteiger partial charge on any atom is -0.485 e. The monoisotopic (exact) mass is 301 g/mol. The minimum atomic E-state index is -0.0419. The van der Waals surface area contributed by atoms with Gasteiger partial charge in [-0.15, -0.1) is 0 Å². The zero-order valence-electron chi connectivity index (χ0n) is 12.7. The summed E-state index contributed by atoms with van der Waals surface area (Å²) >= 11 is 0. The van der Waals surface area contributed by atoms with E-state index in [1.807, 2.05) is 0 Å². The lowest BCUT2D eigenvalue weighted by molar-refractivity contribution is 0.0936. The van der Waals surface area contributed by atoms with Gasteiger partial charge in [0.15, 0.2) is 6.61 Å². The molecule has 0 radical (unpaired) electrons. The molecule has 0 unspecified atom stereocenters. The Balaban J connectivity index is 1.54. The van der Waals surface area contributed by atoms with E-state index in [-0.39, 0.29) is 18.6 Å². The molecule has 22 heavy (non-hydrogen) atoms. The van der Waals surface area contributed by atoms with E-state index in [1.165, 1.54) is 12.8 Å². The van der Waals surface area contributed by atoms with Gasteiger partial charge in [0.2, 0.25) is 11.7 Å². The summed E-state index contributed by atoms with van der Waals surface area (Å²) in [5.74, 6) is 2.27. The number of nitrogens with zero attached hydrogens (tertiary/aromatic N) is 2. The van der Waals surface area contributed by atoms with E-state index in [2.05, 4.69) is 22.4 Å². The zero-order valence-corrected chi connectivity index (χ0v) is 12.7. The molecular formula is C16H19N3O3. The van der Waals surface area contributed by atoms with E-state index in [0.717, 1.165) is 0 Å². The molecule has 6 nitrogen and oxygen atoms in total. The quantitative estimate of drug-likeness (QED) is 0.887. The van der Waals surface area contributed by atoms with Crippen molar-refractivity contribution in [3.63, 3.8) is 0 Å². The van der Waals surface area contributed by atoms with Gasteiger partial charge in [0.05, 0.1) is 0 Å². The van der Waals surface area contributed by atoms with Crippen molar-refractivity contribution in [3.05, 3.63) is 41.5 Å². The van der Waals surface area contributed by atoms with E-state index in [9.17, 15) is 4.79 Å². The van der Waals surface area contributed by atoms with Crippen LogP contribution in [-0.2, 0) is 6.61 Å². The summed E-state index contributed by atoms with van der Waals surface area (Å²) in [5, 5.41) is 6.78. The second kappa shape index (κ2) is 6.17. The number of hydrogen-bond acceptors (Lipinski definition) is 5. The lowest BCUT2D eigenvalue weighted by Crippen LogP contribution is -2.33. The Morgan fingerprint density at radius 2 is 2.14 bits per heavy atom. The fourth-order valence-electron chi connectivity index (χ4n) is 2.25. The van der Waals surface area contributed by atoms with Gasteiger partial charge in [0.1, 0.15) is 5.75 Å². The number of rotatable bonds is 6. The topological polar surface area (TPSA) is 77.2 Å². The van der Waals surface area contributed by atoms with Gasteiger partial charge in [0, 0.05) is 18.5 Å². The molecule has 0 spiro atoms. The molecule has 1 saturated carbocycles. The Kier molecular flexibility index (Phi) is 4.09. The zero-order chi connectivity index (χ0) is 15.5. The van der Waals surface area contributed by atoms with E-state index < -0.39 is 0 Å². The fraction of sp³-hybridized carbons (Fsp3) is 0.438. The molecule has 6 heteroatoms. The van der Waals surface area contributed by atoms with Crippen LogP contribution < -0.4 is 10.1 Å². The molecule has 1 atom stereocenters. The molecule has 116 valence electrons. The number of hydrogen-bond donors (Lipinski definition) is 1. The molecule has 0 aliphatic heterocycles. The highest BCUT2D eigenvalue weighted by molar-refractivity contribution is 5.94. The first kappa shape index (κ1) is 14.6. The highest BCUT2D eigenvalue weighted by Gasteiger charge is 2.29. The highest BCUT2D eigenvalue weighted by atomic mass is 16.5. The third-order valence-electron chi connectivity index (χ3n) is 3.74. The van der Waals surface area contributed by atoms with Crippen LogP contribution in [0.2, 0.25) is 0 Å². The summed E-state index contributed by atoms with van der Waals surface area (Å²) in [5.41, 5.74) is 0.634. The second-order valence-electron chi connectivity index (χ2n) is 5.64. The van der Waals surface area contributed by atoms with Gasteiger partial charge >= 0.3 is 0 Å². The molecule has 1 amide bonds. The number of benzene rings is 1. The van der Waals surface area contributed by atoms with Crippen molar-refractivity contribution in [1.29, 1.82) is 0 Å². The number of ether oxygens (including phenoxy) is 1. The number of aryl methyl sites for hydroxylation is 1. The molecule has 1 aliphatic carbocycles. The summed E-state index contributed by atoms with van der Waals surface area (Å²) in [6.45, 7) is 4.02. The number of carbonyl (C=O) groups is 1. The van der Waals surface area contributed by atoms with E-state index in [4.69, 9.17) is 9.26 Å². The molecule has 0 saturated heterocycles. The largest absolute Gasteiger partial charge is 0.485 e. The van der Waals surface area contributed by atoms with Crippen molar-refractivity contribution in [1.82, 2.24) is 15.5 Å². The standard InChI is InChI=1S/C16H19N3O3/c1-10(12-3-4-12)17-16(20)13-5-7-14(8-6-13)21-9-15-18-11(2)22-19-15/h5-8,10,12H,3-4,9H2,1-2H3,(H,17,20)/t10-/m0/s1. The lowest BCUT2D eigenvalue weighted by atomic mass is 10.1. The third kappa shape index (κ3) is 3.63. The van der Waals surface area contributed by atoms with Crippen molar-refractivity contribution in [2.24, 2.45) is 5.92 Å². The predicted molar refractivity (Wildman–Crippen MR) is 79.5 cm³/mol. The van der Waals surface area contributed by atoms with Crippen LogP contribution in [0.5, 0.6) is 5.75 Å². The molecule has 0 bridgehead atoms. The number of amides is 1. The maximum atomic E-state index is 12.1. The second-order valence-corrected chi connectivity index (χ2v) is 5.64. The highest BCUT2D eigenvalue weighted by Crippen LogP contribution is 2.32. The Hall–Kier alpha value is -2.37. The van der Waals surface area contributed by atoms with Crippen molar-refractivity contribution in [3.8, 4) is 5.75 Å². The molecule has 1 heterocycles. The Labute approximate surface area is 128 Å². The van der Waals surface area contributed by atoms with E-state index in [0.29, 0.717) is 28.9 Å². The molecule has 3 rings (SSSR count). The molecule has 1 aliphatic rings. The van der Waals surface area contributed by atoms with Gasteiger partial charge in [-0.2, -0.15) is 4.98 Å². The number of nitrogens with one attached hydrogen (secondary N) is 1. The van der Waals surface area contributed by atoms with E-state index in [1.54, 1.807) is 31.2 Å². The van der Waals surface area contributed by atoms with Crippen molar-refractivity contribution < 1.29 is 14.1 Å². The molecule has 2 aromatic rings. The number of carbonyl (C=O) groups excluding carboxylic acids is 1. The maximum absolute atomic E-state index is 12.1.